The molecule has 0 aromatic rings. The van der Waals surface area contributed by atoms with Gasteiger partial charge in [-0.15, -0.1) is 6.42 Å². The third-order valence-corrected chi connectivity index (χ3v) is 4.57. The maximum atomic E-state index is 11.3. The van der Waals surface area contributed by atoms with Gasteiger partial charge in [-0.25, -0.2) is 8.42 Å². The minimum Gasteiger partial charge on any atom is -0.356 e. The Labute approximate surface area is 109 Å². The summed E-state index contributed by atoms with van der Waals surface area (Å²) in [4.78, 5) is 4.38. The minimum atomic E-state index is -2.82. The summed E-state index contributed by atoms with van der Waals surface area (Å²) in [5.41, 5.74) is 0. The number of aliphatic imine (C=N–C) groups is 1. The Balaban J connectivity index is 2.46. The van der Waals surface area contributed by atoms with Crippen molar-refractivity contribution in [3.8, 4) is 12.3 Å². The zero-order valence-electron chi connectivity index (χ0n) is 10.8. The van der Waals surface area contributed by atoms with Gasteiger partial charge in [0.05, 0.1) is 18.1 Å². The summed E-state index contributed by atoms with van der Waals surface area (Å²) in [6.07, 6.45) is 6.89. The number of nitrogens with one attached hydrogen (secondary N) is 2. The van der Waals surface area contributed by atoms with Crippen molar-refractivity contribution in [3.05, 3.63) is 0 Å². The fourth-order valence-corrected chi connectivity index (χ4v) is 3.64. The maximum absolute atomic E-state index is 11.3. The first-order valence-electron chi connectivity index (χ1n) is 6.23. The van der Waals surface area contributed by atoms with E-state index in [0.29, 0.717) is 31.2 Å². The van der Waals surface area contributed by atoms with Gasteiger partial charge in [0, 0.05) is 13.1 Å². The summed E-state index contributed by atoms with van der Waals surface area (Å²) >= 11 is 0. The number of rotatable bonds is 5. The number of guanidine groups is 1. The van der Waals surface area contributed by atoms with Crippen molar-refractivity contribution in [2.45, 2.75) is 19.8 Å². The smallest absolute Gasteiger partial charge is 0.192 e. The Bertz CT molecular complexity index is 423. The first-order valence-corrected chi connectivity index (χ1v) is 8.05. The van der Waals surface area contributed by atoms with Gasteiger partial charge < -0.3 is 10.6 Å². The Morgan fingerprint density at radius 3 is 2.83 bits per heavy atom. The van der Waals surface area contributed by atoms with E-state index in [1.165, 1.54) is 0 Å². The fourth-order valence-electron chi connectivity index (χ4n) is 1.79. The van der Waals surface area contributed by atoms with Crippen molar-refractivity contribution in [1.29, 1.82) is 0 Å². The van der Waals surface area contributed by atoms with E-state index in [9.17, 15) is 8.42 Å². The van der Waals surface area contributed by atoms with Gasteiger partial charge in [0.1, 0.15) is 0 Å². The van der Waals surface area contributed by atoms with Crippen LogP contribution in [0.4, 0.5) is 0 Å². The van der Waals surface area contributed by atoms with Crippen LogP contribution in [0.3, 0.4) is 0 Å². The van der Waals surface area contributed by atoms with Crippen LogP contribution in [0, 0.1) is 18.3 Å². The summed E-state index contributed by atoms with van der Waals surface area (Å²) in [5, 5.41) is 6.15. The van der Waals surface area contributed by atoms with Crippen LogP contribution in [0.5, 0.6) is 0 Å². The Hall–Kier alpha value is -1.22. The van der Waals surface area contributed by atoms with E-state index >= 15 is 0 Å². The predicted octanol–water partition coefficient (Wildman–Crippen LogP) is -0.000500. The topological polar surface area (TPSA) is 70.6 Å². The summed E-state index contributed by atoms with van der Waals surface area (Å²) in [6.45, 7) is 3.83. The average Bonchev–Trinajstić information content (AvgIpc) is 2.68. The van der Waals surface area contributed by atoms with E-state index in [1.54, 1.807) is 0 Å². The lowest BCUT2D eigenvalue weighted by Gasteiger charge is -2.11. The predicted molar refractivity (Wildman–Crippen MR) is 74.2 cm³/mol. The van der Waals surface area contributed by atoms with E-state index < -0.39 is 9.84 Å². The van der Waals surface area contributed by atoms with E-state index in [2.05, 4.69) is 28.5 Å². The number of nitrogens with zero attached hydrogens (tertiary/aromatic N) is 1. The van der Waals surface area contributed by atoms with E-state index in [4.69, 9.17) is 6.42 Å². The zero-order valence-corrected chi connectivity index (χ0v) is 11.6. The quantitative estimate of drug-likeness (QED) is 0.419. The molecule has 1 heterocycles. The number of terminal acetylenes is 1. The largest absolute Gasteiger partial charge is 0.356 e. The lowest BCUT2D eigenvalue weighted by Crippen LogP contribution is -2.38. The van der Waals surface area contributed by atoms with Crippen LogP contribution in [0.15, 0.2) is 4.99 Å². The van der Waals surface area contributed by atoms with Crippen molar-refractivity contribution in [2.24, 2.45) is 10.9 Å². The van der Waals surface area contributed by atoms with Crippen LogP contribution in [0.2, 0.25) is 0 Å². The van der Waals surface area contributed by atoms with Crippen molar-refractivity contribution in [1.82, 2.24) is 10.6 Å². The van der Waals surface area contributed by atoms with Gasteiger partial charge in [-0.1, -0.05) is 12.8 Å². The van der Waals surface area contributed by atoms with Gasteiger partial charge in [-0.2, -0.15) is 0 Å². The highest BCUT2D eigenvalue weighted by atomic mass is 32.2. The van der Waals surface area contributed by atoms with Crippen LogP contribution in [0.1, 0.15) is 19.8 Å². The molecule has 1 atom stereocenters. The summed E-state index contributed by atoms with van der Waals surface area (Å²) < 4.78 is 22.6. The molecule has 0 spiro atoms. The molecule has 0 aromatic heterocycles. The molecule has 0 amide bonds. The van der Waals surface area contributed by atoms with Gasteiger partial charge in [0.15, 0.2) is 15.8 Å². The van der Waals surface area contributed by atoms with Crippen LogP contribution in [-0.2, 0) is 9.84 Å². The molecule has 1 rings (SSSR count). The van der Waals surface area contributed by atoms with Gasteiger partial charge in [-0.3, -0.25) is 4.99 Å². The van der Waals surface area contributed by atoms with Gasteiger partial charge >= 0.3 is 0 Å². The number of hydrogen-bond acceptors (Lipinski definition) is 3. The van der Waals surface area contributed by atoms with Crippen LogP contribution >= 0.6 is 0 Å². The van der Waals surface area contributed by atoms with Crippen LogP contribution < -0.4 is 10.6 Å². The third-order valence-electron chi connectivity index (χ3n) is 2.73. The standard InChI is InChI=1S/C12H21N3O2S/c1-3-6-13-12(14-7-4-2)15-9-11-5-8-18(16,17)10-11/h1,11H,4-10H2,2H3,(H2,13,14,15). The Morgan fingerprint density at radius 2 is 2.28 bits per heavy atom. The summed E-state index contributed by atoms with van der Waals surface area (Å²) in [7, 11) is -2.82. The minimum absolute atomic E-state index is 0.140. The molecule has 1 unspecified atom stereocenters. The highest BCUT2D eigenvalue weighted by Crippen LogP contribution is 2.18. The van der Waals surface area contributed by atoms with Crippen molar-refractivity contribution >= 4 is 15.8 Å². The summed E-state index contributed by atoms with van der Waals surface area (Å²) in [6, 6.07) is 0. The summed E-state index contributed by atoms with van der Waals surface area (Å²) in [5.74, 6) is 3.84. The van der Waals surface area contributed by atoms with Gasteiger partial charge in [-0.05, 0) is 18.8 Å². The second-order valence-electron chi connectivity index (χ2n) is 4.44. The van der Waals surface area contributed by atoms with Crippen LogP contribution in [0.25, 0.3) is 0 Å². The van der Waals surface area contributed by atoms with Crippen molar-refractivity contribution < 1.29 is 8.42 Å². The van der Waals surface area contributed by atoms with E-state index in [0.717, 1.165) is 13.0 Å². The third kappa shape index (κ3) is 5.41. The second kappa shape index (κ2) is 7.27. The van der Waals surface area contributed by atoms with Gasteiger partial charge in [0.25, 0.3) is 0 Å². The molecule has 102 valence electrons. The fraction of sp³-hybridized carbons (Fsp3) is 0.750. The maximum Gasteiger partial charge on any atom is 0.192 e. The SMILES string of the molecule is C#CCNC(=NCC1CCS(=O)(=O)C1)NCCC. The molecule has 0 aromatic carbocycles. The molecular formula is C12H21N3O2S. The molecule has 6 heteroatoms. The van der Waals surface area contributed by atoms with Gasteiger partial charge in [0.2, 0.25) is 0 Å². The number of hydrogen-bond donors (Lipinski definition) is 2. The van der Waals surface area contributed by atoms with E-state index in [1.807, 2.05) is 0 Å². The molecule has 1 fully saturated rings. The lowest BCUT2D eigenvalue weighted by molar-refractivity contribution is 0.589. The molecule has 1 aliphatic rings. The molecule has 0 radical (unpaired) electrons. The highest BCUT2D eigenvalue weighted by Gasteiger charge is 2.27. The molecule has 0 saturated carbocycles. The van der Waals surface area contributed by atoms with E-state index in [-0.39, 0.29) is 11.7 Å². The zero-order chi connectivity index (χ0) is 13.4. The monoisotopic (exact) mass is 271 g/mol. The van der Waals surface area contributed by atoms with Crippen molar-refractivity contribution in [2.75, 3.05) is 31.1 Å². The molecule has 2 N–H and O–H groups in total. The second-order valence-corrected chi connectivity index (χ2v) is 6.67. The highest BCUT2D eigenvalue weighted by molar-refractivity contribution is 7.91. The molecule has 18 heavy (non-hydrogen) atoms. The molecule has 0 aliphatic carbocycles. The normalized spacial score (nSPS) is 22.4. The molecule has 1 aliphatic heterocycles. The molecule has 1 saturated heterocycles. The average molecular weight is 271 g/mol. The molecule has 0 bridgehead atoms. The Morgan fingerprint density at radius 1 is 1.50 bits per heavy atom. The first-order chi connectivity index (χ1) is 8.57. The Kier molecular flexibility index (Phi) is 5.99. The van der Waals surface area contributed by atoms with Crippen LogP contribution in [-0.4, -0.2) is 45.5 Å². The molecule has 5 nitrogen and oxygen atoms in total. The lowest BCUT2D eigenvalue weighted by atomic mass is 10.1. The number of sulfone groups is 1. The molecular weight excluding hydrogens is 250 g/mol. The van der Waals surface area contributed by atoms with Crippen molar-refractivity contribution in [3.63, 3.8) is 0 Å². The first kappa shape index (κ1) is 14.8.